The Morgan fingerprint density at radius 2 is 0.500 bits per heavy atom. The summed E-state index contributed by atoms with van der Waals surface area (Å²) >= 11 is 0. The van der Waals surface area contributed by atoms with Crippen LogP contribution in [-0.2, 0) is 65.4 Å². The highest BCUT2D eigenvalue weighted by Gasteiger charge is 2.30. The van der Waals surface area contributed by atoms with Gasteiger partial charge in [-0.1, -0.05) is 338 Å². The number of rotatable bonds is 74. The Bertz CT molecular complexity index is 1890. The molecule has 0 aliphatic carbocycles. The molecule has 0 spiro atoms. The molecule has 0 aliphatic rings. The van der Waals surface area contributed by atoms with Crippen molar-refractivity contribution in [1.29, 1.82) is 0 Å². The standard InChI is InChI=1S/C77H150O17P2/c1-9-69(7)55-47-39-31-24-19-17-15-13-11-12-14-16-18-20-26-33-43-51-59-76(81)93-72(63-87-74(79)57-49-41-32-25-22-21-23-29-37-45-53-67(3)4)65-91-95(83,84)89-61-71(78)62-90-96(85,86)92-66-73(64-88-75(80)58-50-42-36-35-40-48-56-70(8)10-2)94-77(82)60-52-44-34-28-27-30-38-46-54-68(5)6/h67-73,78H,9-66H2,1-8H3,(H,83,84)(H,85,86)/t69?,70?,71-,72-,73-/m1/s1. The van der Waals surface area contributed by atoms with Gasteiger partial charge in [0.05, 0.1) is 26.4 Å². The average Bonchev–Trinajstić information content (AvgIpc) is 1.08. The van der Waals surface area contributed by atoms with Gasteiger partial charge >= 0.3 is 39.5 Å². The molecule has 0 saturated heterocycles. The molecule has 4 unspecified atom stereocenters. The third-order valence-corrected chi connectivity index (χ3v) is 20.4. The van der Waals surface area contributed by atoms with E-state index in [0.717, 1.165) is 120 Å². The summed E-state index contributed by atoms with van der Waals surface area (Å²) in [5.41, 5.74) is 0. The predicted molar refractivity (Wildman–Crippen MR) is 391 cm³/mol. The van der Waals surface area contributed by atoms with Gasteiger partial charge in [0.2, 0.25) is 0 Å². The SMILES string of the molecule is CCC(C)CCCCCCCCCCCCCCCCCCCCC(=O)O[C@H](COC(=O)CCCCCCCCCCCCC(C)C)COP(=O)(O)OC[C@@H](O)COP(=O)(O)OC[C@@H](COC(=O)CCCCCCCCC(C)CC)OC(=O)CCCCCCCCCCC(C)C. The number of esters is 4. The molecule has 17 nitrogen and oxygen atoms in total. The van der Waals surface area contributed by atoms with Crippen LogP contribution in [0.5, 0.6) is 0 Å². The first kappa shape index (κ1) is 94.1. The zero-order chi connectivity index (χ0) is 71.0. The van der Waals surface area contributed by atoms with Gasteiger partial charge in [-0.2, -0.15) is 0 Å². The Kier molecular flexibility index (Phi) is 65.0. The molecule has 0 amide bonds. The molecule has 0 aromatic rings. The van der Waals surface area contributed by atoms with Crippen LogP contribution in [0.15, 0.2) is 0 Å². The number of aliphatic hydroxyl groups is 1. The van der Waals surface area contributed by atoms with Crippen molar-refractivity contribution in [2.45, 2.75) is 408 Å². The highest BCUT2D eigenvalue weighted by atomic mass is 31.2. The fourth-order valence-corrected chi connectivity index (χ4v) is 13.2. The van der Waals surface area contributed by atoms with Gasteiger partial charge in [0, 0.05) is 25.7 Å². The molecule has 0 aliphatic heterocycles. The van der Waals surface area contributed by atoms with E-state index in [-0.39, 0.29) is 25.7 Å². The number of carbonyl (C=O) groups excluding carboxylic acids is 4. The zero-order valence-electron chi connectivity index (χ0n) is 63.0. The summed E-state index contributed by atoms with van der Waals surface area (Å²) in [6.07, 6.45) is 51.5. The van der Waals surface area contributed by atoms with Gasteiger partial charge in [0.25, 0.3) is 0 Å². The summed E-state index contributed by atoms with van der Waals surface area (Å²) in [5.74, 6) is 0.955. The maximum atomic E-state index is 13.1. The number of aliphatic hydroxyl groups excluding tert-OH is 1. The van der Waals surface area contributed by atoms with Crippen LogP contribution in [-0.4, -0.2) is 96.7 Å². The van der Waals surface area contributed by atoms with Crippen molar-refractivity contribution < 1.29 is 80.2 Å². The topological polar surface area (TPSA) is 237 Å². The minimum absolute atomic E-state index is 0.103. The highest BCUT2D eigenvalue weighted by molar-refractivity contribution is 7.47. The average molecular weight is 1410 g/mol. The van der Waals surface area contributed by atoms with Crippen LogP contribution in [0.4, 0.5) is 0 Å². The molecule has 0 heterocycles. The molecular formula is C77H150O17P2. The first-order valence-corrected chi connectivity index (χ1v) is 42.8. The Balaban J connectivity index is 5.19. The van der Waals surface area contributed by atoms with E-state index in [9.17, 15) is 43.2 Å². The Morgan fingerprint density at radius 3 is 0.740 bits per heavy atom. The predicted octanol–water partition coefficient (Wildman–Crippen LogP) is 22.4. The number of ether oxygens (including phenoxy) is 4. The summed E-state index contributed by atoms with van der Waals surface area (Å²) in [7, 11) is -9.91. The van der Waals surface area contributed by atoms with E-state index in [0.29, 0.717) is 25.7 Å². The summed E-state index contributed by atoms with van der Waals surface area (Å²) in [4.78, 5) is 72.8. The fourth-order valence-electron chi connectivity index (χ4n) is 11.7. The van der Waals surface area contributed by atoms with E-state index in [2.05, 4.69) is 55.4 Å². The maximum Gasteiger partial charge on any atom is 0.472 e. The second-order valence-corrected chi connectivity index (χ2v) is 32.1. The van der Waals surface area contributed by atoms with Crippen molar-refractivity contribution in [3.05, 3.63) is 0 Å². The molecule has 0 rings (SSSR count). The van der Waals surface area contributed by atoms with Gasteiger partial charge in [0.1, 0.15) is 19.3 Å². The van der Waals surface area contributed by atoms with Crippen molar-refractivity contribution in [3.8, 4) is 0 Å². The first-order valence-electron chi connectivity index (χ1n) is 39.8. The molecule has 570 valence electrons. The summed E-state index contributed by atoms with van der Waals surface area (Å²) in [5, 5.41) is 10.6. The number of phosphoric acid groups is 2. The van der Waals surface area contributed by atoms with Gasteiger partial charge in [0.15, 0.2) is 12.2 Å². The van der Waals surface area contributed by atoms with Gasteiger partial charge in [-0.05, 0) is 49.4 Å². The van der Waals surface area contributed by atoms with E-state index in [1.54, 1.807) is 0 Å². The number of phosphoric ester groups is 2. The number of hydrogen-bond acceptors (Lipinski definition) is 15. The van der Waals surface area contributed by atoms with Gasteiger partial charge in [-0.3, -0.25) is 37.3 Å². The lowest BCUT2D eigenvalue weighted by Gasteiger charge is -2.21. The van der Waals surface area contributed by atoms with Crippen molar-refractivity contribution in [2.24, 2.45) is 23.7 Å². The number of hydrogen-bond donors (Lipinski definition) is 3. The van der Waals surface area contributed by atoms with Crippen LogP contribution < -0.4 is 0 Å². The normalized spacial score (nSPS) is 14.7. The third-order valence-electron chi connectivity index (χ3n) is 18.5. The molecule has 3 N–H and O–H groups in total. The van der Waals surface area contributed by atoms with Gasteiger partial charge in [-0.25, -0.2) is 9.13 Å². The largest absolute Gasteiger partial charge is 0.472 e. The molecule has 0 aromatic carbocycles. The maximum absolute atomic E-state index is 13.1. The molecule has 0 fully saturated rings. The Morgan fingerprint density at radius 1 is 0.292 bits per heavy atom. The van der Waals surface area contributed by atoms with Crippen LogP contribution in [0.2, 0.25) is 0 Å². The Labute approximate surface area is 588 Å². The van der Waals surface area contributed by atoms with Crippen LogP contribution in [0.1, 0.15) is 389 Å². The number of unbranched alkanes of at least 4 members (excludes halogenated alkanes) is 38. The fraction of sp³-hybridized carbons (Fsp3) is 0.948. The monoisotopic (exact) mass is 1410 g/mol. The van der Waals surface area contributed by atoms with Crippen molar-refractivity contribution >= 4 is 39.5 Å². The molecule has 19 heteroatoms. The first-order chi connectivity index (χ1) is 46.2. The van der Waals surface area contributed by atoms with Crippen LogP contribution in [0, 0.1) is 23.7 Å². The summed E-state index contributed by atoms with van der Waals surface area (Å²) < 4.78 is 68.5. The summed E-state index contributed by atoms with van der Waals surface area (Å²) in [6, 6.07) is 0. The van der Waals surface area contributed by atoms with Crippen LogP contribution in [0.3, 0.4) is 0 Å². The minimum atomic E-state index is -4.96. The lowest BCUT2D eigenvalue weighted by Crippen LogP contribution is -2.30. The number of carbonyl (C=O) groups is 4. The van der Waals surface area contributed by atoms with Crippen LogP contribution in [0.25, 0.3) is 0 Å². The molecule has 0 saturated carbocycles. The zero-order valence-corrected chi connectivity index (χ0v) is 64.8. The molecule has 7 atom stereocenters. The van der Waals surface area contributed by atoms with E-state index < -0.39 is 97.5 Å². The minimum Gasteiger partial charge on any atom is -0.462 e. The second kappa shape index (κ2) is 66.3. The molecule has 0 radical (unpaired) electrons. The van der Waals surface area contributed by atoms with E-state index >= 15 is 0 Å². The molecule has 0 bridgehead atoms. The smallest absolute Gasteiger partial charge is 0.462 e. The van der Waals surface area contributed by atoms with Gasteiger partial charge in [-0.15, -0.1) is 0 Å². The lowest BCUT2D eigenvalue weighted by atomic mass is 9.99. The molecular weight excluding hydrogens is 1260 g/mol. The second-order valence-electron chi connectivity index (χ2n) is 29.2. The van der Waals surface area contributed by atoms with Crippen LogP contribution >= 0.6 is 15.6 Å². The van der Waals surface area contributed by atoms with E-state index in [1.807, 2.05) is 0 Å². The third kappa shape index (κ3) is 67.9. The lowest BCUT2D eigenvalue weighted by molar-refractivity contribution is -0.161. The molecule has 96 heavy (non-hydrogen) atoms. The van der Waals surface area contributed by atoms with Gasteiger partial charge < -0.3 is 33.8 Å². The van der Waals surface area contributed by atoms with Crippen molar-refractivity contribution in [1.82, 2.24) is 0 Å². The summed E-state index contributed by atoms with van der Waals surface area (Å²) in [6.45, 7) is 14.2. The van der Waals surface area contributed by atoms with E-state index in [4.69, 9.17) is 37.0 Å². The van der Waals surface area contributed by atoms with E-state index in [1.165, 1.54) is 186 Å². The van der Waals surface area contributed by atoms with Crippen molar-refractivity contribution in [2.75, 3.05) is 39.6 Å². The quantitative estimate of drug-likeness (QED) is 0.0222. The highest BCUT2D eigenvalue weighted by Crippen LogP contribution is 2.45. The molecule has 0 aromatic heterocycles. The van der Waals surface area contributed by atoms with Crippen molar-refractivity contribution in [3.63, 3.8) is 0 Å². The Hall–Kier alpha value is -1.94.